The van der Waals surface area contributed by atoms with Crippen molar-refractivity contribution >= 4 is 0 Å². The number of ether oxygens (including phenoxy) is 1. The average Bonchev–Trinajstić information content (AvgIpc) is 2.53. The molecule has 0 fully saturated rings. The van der Waals surface area contributed by atoms with Crippen LogP contribution >= 0.6 is 0 Å². The van der Waals surface area contributed by atoms with Crippen LogP contribution in [0.4, 0.5) is 0 Å². The molecular weight excluding hydrogens is 158 g/mol. The van der Waals surface area contributed by atoms with Gasteiger partial charge in [0.1, 0.15) is 5.69 Å². The summed E-state index contributed by atoms with van der Waals surface area (Å²) in [5.74, 6) is 0. The van der Waals surface area contributed by atoms with Crippen molar-refractivity contribution in [3.63, 3.8) is 0 Å². The molecule has 5 nitrogen and oxygen atoms in total. The van der Waals surface area contributed by atoms with Gasteiger partial charge < -0.3 is 9.84 Å². The van der Waals surface area contributed by atoms with Crippen LogP contribution in [0, 0.1) is 0 Å². The van der Waals surface area contributed by atoms with Gasteiger partial charge >= 0.3 is 0 Å². The highest BCUT2D eigenvalue weighted by Crippen LogP contribution is 1.93. The molecule has 0 unspecified atom stereocenters. The molecule has 1 N–H and O–H groups in total. The zero-order valence-corrected chi connectivity index (χ0v) is 7.10. The predicted molar refractivity (Wildman–Crippen MR) is 42.4 cm³/mol. The lowest BCUT2D eigenvalue weighted by Crippen LogP contribution is -2.01. The Hall–Kier alpha value is -0.940. The van der Waals surface area contributed by atoms with Gasteiger partial charge in [0.05, 0.1) is 12.8 Å². The molecule has 0 atom stereocenters. The molecule has 12 heavy (non-hydrogen) atoms. The Morgan fingerprint density at radius 2 is 2.50 bits per heavy atom. The van der Waals surface area contributed by atoms with Gasteiger partial charge in [0.25, 0.3) is 0 Å². The molecule has 0 aliphatic heterocycles. The van der Waals surface area contributed by atoms with E-state index in [4.69, 9.17) is 9.84 Å². The fraction of sp³-hybridized carbons (Fsp3) is 0.714. The Morgan fingerprint density at radius 3 is 3.08 bits per heavy atom. The van der Waals surface area contributed by atoms with Crippen molar-refractivity contribution in [1.29, 1.82) is 0 Å². The minimum Gasteiger partial charge on any atom is -0.390 e. The molecule has 5 heteroatoms. The number of hydrogen-bond acceptors (Lipinski definition) is 4. The standard InChI is InChI=1S/C7H13N3O2/c1-12-4-2-3-10-5-7(6-11)8-9-10/h5,11H,2-4,6H2,1H3. The van der Waals surface area contributed by atoms with E-state index in [1.807, 2.05) is 0 Å². The first-order valence-electron chi connectivity index (χ1n) is 3.85. The molecule has 0 saturated carbocycles. The van der Waals surface area contributed by atoms with Crippen molar-refractivity contribution in [3.8, 4) is 0 Å². The maximum atomic E-state index is 8.68. The normalized spacial score (nSPS) is 10.5. The van der Waals surface area contributed by atoms with Crippen molar-refractivity contribution in [2.45, 2.75) is 19.6 Å². The smallest absolute Gasteiger partial charge is 0.108 e. The summed E-state index contributed by atoms with van der Waals surface area (Å²) in [5, 5.41) is 16.2. The first kappa shape index (κ1) is 9.15. The summed E-state index contributed by atoms with van der Waals surface area (Å²) in [7, 11) is 1.67. The van der Waals surface area contributed by atoms with E-state index in [0.29, 0.717) is 12.3 Å². The van der Waals surface area contributed by atoms with Gasteiger partial charge in [0.2, 0.25) is 0 Å². The zero-order valence-electron chi connectivity index (χ0n) is 7.10. The topological polar surface area (TPSA) is 60.2 Å². The van der Waals surface area contributed by atoms with Gasteiger partial charge in [-0.2, -0.15) is 0 Å². The van der Waals surface area contributed by atoms with Crippen LogP contribution in [0.25, 0.3) is 0 Å². The maximum absolute atomic E-state index is 8.68. The number of rotatable bonds is 5. The summed E-state index contributed by atoms with van der Waals surface area (Å²) in [5.41, 5.74) is 0.604. The van der Waals surface area contributed by atoms with Crippen LogP contribution in [-0.2, 0) is 17.9 Å². The quantitative estimate of drug-likeness (QED) is 0.624. The molecule has 0 aromatic carbocycles. The largest absolute Gasteiger partial charge is 0.390 e. The van der Waals surface area contributed by atoms with Gasteiger partial charge in [-0.1, -0.05) is 5.21 Å². The third-order valence-electron chi connectivity index (χ3n) is 1.48. The minimum atomic E-state index is -0.0513. The first-order valence-corrected chi connectivity index (χ1v) is 3.85. The molecule has 68 valence electrons. The molecule has 0 spiro atoms. The van der Waals surface area contributed by atoms with Crippen molar-refractivity contribution in [2.24, 2.45) is 0 Å². The van der Waals surface area contributed by atoms with E-state index in [1.54, 1.807) is 18.0 Å². The lowest BCUT2D eigenvalue weighted by atomic mass is 10.4. The van der Waals surface area contributed by atoms with Crippen molar-refractivity contribution in [3.05, 3.63) is 11.9 Å². The zero-order chi connectivity index (χ0) is 8.81. The summed E-state index contributed by atoms with van der Waals surface area (Å²) in [6.07, 6.45) is 2.64. The number of aliphatic hydroxyl groups is 1. The molecule has 0 bridgehead atoms. The Balaban J connectivity index is 2.31. The van der Waals surface area contributed by atoms with Gasteiger partial charge in [-0.3, -0.25) is 4.68 Å². The number of nitrogens with zero attached hydrogens (tertiary/aromatic N) is 3. The highest BCUT2D eigenvalue weighted by molar-refractivity contribution is 4.88. The molecule has 1 rings (SSSR count). The van der Waals surface area contributed by atoms with E-state index in [2.05, 4.69) is 10.3 Å². The predicted octanol–water partition coefficient (Wildman–Crippen LogP) is -0.193. The monoisotopic (exact) mass is 171 g/mol. The van der Waals surface area contributed by atoms with Gasteiger partial charge in [-0.05, 0) is 6.42 Å². The fourth-order valence-electron chi connectivity index (χ4n) is 0.891. The number of hydrogen-bond donors (Lipinski definition) is 1. The van der Waals surface area contributed by atoms with Crippen LogP contribution in [0.1, 0.15) is 12.1 Å². The third-order valence-corrected chi connectivity index (χ3v) is 1.48. The van der Waals surface area contributed by atoms with Crippen molar-refractivity contribution < 1.29 is 9.84 Å². The van der Waals surface area contributed by atoms with E-state index in [0.717, 1.165) is 13.0 Å². The molecular formula is C7H13N3O2. The Kier molecular flexibility index (Phi) is 3.69. The van der Waals surface area contributed by atoms with Crippen LogP contribution in [0.3, 0.4) is 0 Å². The molecule has 0 radical (unpaired) electrons. The van der Waals surface area contributed by atoms with Crippen LogP contribution in [0.5, 0.6) is 0 Å². The molecule has 0 aliphatic rings. The Labute approximate surface area is 71.0 Å². The van der Waals surface area contributed by atoms with E-state index < -0.39 is 0 Å². The summed E-state index contributed by atoms with van der Waals surface area (Å²) in [4.78, 5) is 0. The highest BCUT2D eigenvalue weighted by Gasteiger charge is 1.97. The highest BCUT2D eigenvalue weighted by atomic mass is 16.5. The van der Waals surface area contributed by atoms with E-state index in [1.165, 1.54) is 0 Å². The first-order chi connectivity index (χ1) is 5.86. The van der Waals surface area contributed by atoms with Crippen molar-refractivity contribution in [2.75, 3.05) is 13.7 Å². The minimum absolute atomic E-state index is 0.0513. The summed E-state index contributed by atoms with van der Waals surface area (Å²) < 4.78 is 6.58. The lowest BCUT2D eigenvalue weighted by molar-refractivity contribution is 0.188. The molecule has 1 aromatic heterocycles. The lowest BCUT2D eigenvalue weighted by Gasteiger charge is -1.97. The second-order valence-corrected chi connectivity index (χ2v) is 2.48. The number of methoxy groups -OCH3 is 1. The molecule has 0 saturated heterocycles. The molecule has 0 amide bonds. The van der Waals surface area contributed by atoms with Crippen LogP contribution < -0.4 is 0 Å². The van der Waals surface area contributed by atoms with E-state index in [-0.39, 0.29) is 6.61 Å². The summed E-state index contributed by atoms with van der Waals surface area (Å²) in [6.45, 7) is 1.44. The van der Waals surface area contributed by atoms with Gasteiger partial charge in [0, 0.05) is 20.3 Å². The SMILES string of the molecule is COCCCn1cc(CO)nn1. The van der Waals surface area contributed by atoms with Gasteiger partial charge in [0.15, 0.2) is 0 Å². The second kappa shape index (κ2) is 4.84. The van der Waals surface area contributed by atoms with Crippen LogP contribution in [0.2, 0.25) is 0 Å². The molecule has 1 heterocycles. The molecule has 0 aliphatic carbocycles. The van der Waals surface area contributed by atoms with Crippen LogP contribution in [-0.4, -0.2) is 33.8 Å². The summed E-state index contributed by atoms with van der Waals surface area (Å²) >= 11 is 0. The maximum Gasteiger partial charge on any atom is 0.108 e. The number of aryl methyl sites for hydroxylation is 1. The average molecular weight is 171 g/mol. The Bertz CT molecular complexity index is 224. The van der Waals surface area contributed by atoms with Gasteiger partial charge in [-0.15, -0.1) is 5.10 Å². The van der Waals surface area contributed by atoms with Crippen LogP contribution in [0.15, 0.2) is 6.20 Å². The van der Waals surface area contributed by atoms with Gasteiger partial charge in [-0.25, -0.2) is 0 Å². The van der Waals surface area contributed by atoms with E-state index in [9.17, 15) is 0 Å². The Morgan fingerprint density at radius 1 is 1.67 bits per heavy atom. The van der Waals surface area contributed by atoms with E-state index >= 15 is 0 Å². The number of aliphatic hydroxyl groups excluding tert-OH is 1. The van der Waals surface area contributed by atoms with Crippen molar-refractivity contribution in [1.82, 2.24) is 15.0 Å². The third kappa shape index (κ3) is 2.60. The fourth-order valence-corrected chi connectivity index (χ4v) is 0.891. The number of aromatic nitrogens is 3. The summed E-state index contributed by atoms with van der Waals surface area (Å²) in [6, 6.07) is 0. The molecule has 1 aromatic rings. The second-order valence-electron chi connectivity index (χ2n) is 2.48.